The van der Waals surface area contributed by atoms with E-state index >= 15 is 0 Å². The molecule has 22 heavy (non-hydrogen) atoms. The van der Waals surface area contributed by atoms with Crippen LogP contribution in [0.3, 0.4) is 0 Å². The van der Waals surface area contributed by atoms with Crippen molar-refractivity contribution in [2.45, 2.75) is 32.6 Å². The Hall–Kier alpha value is -1.73. The Morgan fingerprint density at radius 1 is 1.18 bits per heavy atom. The van der Waals surface area contributed by atoms with Gasteiger partial charge in [-0.25, -0.2) is 4.68 Å². The van der Waals surface area contributed by atoms with Gasteiger partial charge in [0.15, 0.2) is 0 Å². The predicted octanol–water partition coefficient (Wildman–Crippen LogP) is 2.13. The number of hydrogen-bond acceptors (Lipinski definition) is 5. The molecule has 0 N–H and O–H groups in total. The monoisotopic (exact) mass is 323 g/mol. The first kappa shape index (κ1) is 16.6. The van der Waals surface area contributed by atoms with E-state index in [4.69, 9.17) is 4.18 Å². The van der Waals surface area contributed by atoms with E-state index in [1.807, 2.05) is 30.5 Å². The van der Waals surface area contributed by atoms with E-state index in [1.54, 1.807) is 4.68 Å². The van der Waals surface area contributed by atoms with Crippen LogP contribution in [0.25, 0.3) is 5.69 Å². The van der Waals surface area contributed by atoms with Crippen LogP contribution in [-0.4, -0.2) is 36.3 Å². The van der Waals surface area contributed by atoms with Gasteiger partial charge in [-0.1, -0.05) is 30.7 Å². The second-order valence-corrected chi connectivity index (χ2v) is 6.84. The first-order chi connectivity index (χ1) is 10.5. The quantitative estimate of drug-likeness (QED) is 0.696. The number of aromatic nitrogens is 3. The summed E-state index contributed by atoms with van der Waals surface area (Å²) in [5.74, 6) is 0. The van der Waals surface area contributed by atoms with E-state index in [-0.39, 0.29) is 6.61 Å². The zero-order chi connectivity index (χ0) is 16.0. The van der Waals surface area contributed by atoms with Gasteiger partial charge >= 0.3 is 0 Å². The molecular weight excluding hydrogens is 302 g/mol. The van der Waals surface area contributed by atoms with Gasteiger partial charge in [0.1, 0.15) is 0 Å². The predicted molar refractivity (Wildman–Crippen MR) is 84.5 cm³/mol. The first-order valence-electron chi connectivity index (χ1n) is 7.33. The van der Waals surface area contributed by atoms with Crippen LogP contribution in [0.1, 0.15) is 31.0 Å². The lowest BCUT2D eigenvalue weighted by Crippen LogP contribution is -2.06. The smallest absolute Gasteiger partial charge is 0.264 e. The van der Waals surface area contributed by atoms with Crippen molar-refractivity contribution >= 4 is 10.1 Å². The molecule has 0 spiro atoms. The Bertz CT molecular complexity index is 693. The average molecular weight is 323 g/mol. The van der Waals surface area contributed by atoms with Crippen LogP contribution >= 0.6 is 0 Å². The largest absolute Gasteiger partial charge is 0.270 e. The molecule has 0 fully saturated rings. The van der Waals surface area contributed by atoms with E-state index in [0.717, 1.165) is 42.5 Å². The zero-order valence-electron chi connectivity index (χ0n) is 12.9. The number of nitrogens with zero attached hydrogens (tertiary/aromatic N) is 3. The third-order valence-electron chi connectivity index (χ3n) is 3.22. The fourth-order valence-corrected chi connectivity index (χ4v) is 2.41. The molecule has 0 aliphatic rings. The summed E-state index contributed by atoms with van der Waals surface area (Å²) in [6.07, 6.45) is 6.73. The second kappa shape index (κ2) is 7.51. The maximum absolute atomic E-state index is 10.9. The minimum absolute atomic E-state index is 0.155. The first-order valence-corrected chi connectivity index (χ1v) is 9.14. The summed E-state index contributed by atoms with van der Waals surface area (Å²) in [5.41, 5.74) is 2.94. The SMILES string of the molecule is CCCCc1cn(-c2ccc(CCOS(C)(=O)=O)cc2)nn1. The fraction of sp³-hybridized carbons (Fsp3) is 0.467. The minimum atomic E-state index is -3.37. The van der Waals surface area contributed by atoms with Crippen LogP contribution in [-0.2, 0) is 27.1 Å². The molecule has 0 radical (unpaired) electrons. The number of unbranched alkanes of at least 4 members (excludes halogenated alkanes) is 1. The molecule has 120 valence electrons. The summed E-state index contributed by atoms with van der Waals surface area (Å²) < 4.78 is 28.3. The highest BCUT2D eigenvalue weighted by molar-refractivity contribution is 7.85. The lowest BCUT2D eigenvalue weighted by atomic mass is 10.1. The van der Waals surface area contributed by atoms with E-state index in [1.165, 1.54) is 0 Å². The second-order valence-electron chi connectivity index (χ2n) is 5.20. The van der Waals surface area contributed by atoms with Gasteiger partial charge in [0.05, 0.1) is 30.4 Å². The van der Waals surface area contributed by atoms with E-state index in [0.29, 0.717) is 6.42 Å². The Morgan fingerprint density at radius 2 is 1.91 bits per heavy atom. The molecule has 2 aromatic rings. The maximum atomic E-state index is 10.9. The summed E-state index contributed by atoms with van der Waals surface area (Å²) >= 11 is 0. The van der Waals surface area contributed by atoms with Crippen molar-refractivity contribution in [1.29, 1.82) is 0 Å². The number of hydrogen-bond donors (Lipinski definition) is 0. The van der Waals surface area contributed by atoms with Gasteiger partial charge in [0, 0.05) is 0 Å². The van der Waals surface area contributed by atoms with E-state index < -0.39 is 10.1 Å². The van der Waals surface area contributed by atoms with Crippen molar-refractivity contribution < 1.29 is 12.6 Å². The van der Waals surface area contributed by atoms with Crippen molar-refractivity contribution in [3.63, 3.8) is 0 Å². The standard InChI is InChI=1S/C15H21N3O3S/c1-3-4-5-14-12-18(17-16-14)15-8-6-13(7-9-15)10-11-21-22(2,19)20/h6-9,12H,3-5,10-11H2,1-2H3. The van der Waals surface area contributed by atoms with Crippen LogP contribution in [0.15, 0.2) is 30.5 Å². The molecule has 0 atom stereocenters. The maximum Gasteiger partial charge on any atom is 0.264 e. The third kappa shape index (κ3) is 5.23. The molecule has 1 aromatic carbocycles. The number of aryl methyl sites for hydroxylation is 1. The van der Waals surface area contributed by atoms with Crippen molar-refractivity contribution in [2.75, 3.05) is 12.9 Å². The topological polar surface area (TPSA) is 74.1 Å². The Morgan fingerprint density at radius 3 is 2.55 bits per heavy atom. The molecule has 0 saturated heterocycles. The van der Waals surface area contributed by atoms with Crippen LogP contribution in [0.4, 0.5) is 0 Å². The minimum Gasteiger partial charge on any atom is -0.270 e. The van der Waals surface area contributed by atoms with Gasteiger partial charge in [-0.3, -0.25) is 4.18 Å². The molecule has 0 aliphatic carbocycles. The summed E-state index contributed by atoms with van der Waals surface area (Å²) in [5, 5.41) is 8.28. The Labute approximate surface area is 131 Å². The van der Waals surface area contributed by atoms with Gasteiger partial charge in [-0.2, -0.15) is 8.42 Å². The lowest BCUT2D eigenvalue weighted by molar-refractivity contribution is 0.326. The Kier molecular flexibility index (Phi) is 5.68. The third-order valence-corrected chi connectivity index (χ3v) is 3.81. The summed E-state index contributed by atoms with van der Waals surface area (Å²) in [4.78, 5) is 0. The lowest BCUT2D eigenvalue weighted by Gasteiger charge is -2.04. The molecule has 6 nitrogen and oxygen atoms in total. The zero-order valence-corrected chi connectivity index (χ0v) is 13.7. The molecule has 1 aromatic heterocycles. The van der Waals surface area contributed by atoms with Crippen molar-refractivity contribution in [1.82, 2.24) is 15.0 Å². The summed E-state index contributed by atoms with van der Waals surface area (Å²) in [7, 11) is -3.37. The molecule has 0 bridgehead atoms. The van der Waals surface area contributed by atoms with Crippen LogP contribution in [0.2, 0.25) is 0 Å². The van der Waals surface area contributed by atoms with Gasteiger partial charge in [-0.05, 0) is 37.0 Å². The molecular formula is C15H21N3O3S. The molecule has 0 amide bonds. The van der Waals surface area contributed by atoms with Gasteiger partial charge in [-0.15, -0.1) is 5.10 Å². The van der Waals surface area contributed by atoms with E-state index in [2.05, 4.69) is 17.2 Å². The highest BCUT2D eigenvalue weighted by Crippen LogP contribution is 2.11. The molecule has 2 rings (SSSR count). The van der Waals surface area contributed by atoms with E-state index in [9.17, 15) is 8.42 Å². The van der Waals surface area contributed by atoms with Crippen molar-refractivity contribution in [3.8, 4) is 5.69 Å². The van der Waals surface area contributed by atoms with Gasteiger partial charge in [0.25, 0.3) is 10.1 Å². The summed E-state index contributed by atoms with van der Waals surface area (Å²) in [6.45, 7) is 2.30. The molecule has 1 heterocycles. The van der Waals surface area contributed by atoms with Gasteiger partial charge in [0.2, 0.25) is 0 Å². The normalized spacial score (nSPS) is 11.7. The van der Waals surface area contributed by atoms with Crippen molar-refractivity contribution in [2.24, 2.45) is 0 Å². The number of rotatable bonds is 8. The van der Waals surface area contributed by atoms with Crippen LogP contribution in [0, 0.1) is 0 Å². The highest BCUT2D eigenvalue weighted by atomic mass is 32.2. The molecule has 0 aliphatic heterocycles. The molecule has 0 saturated carbocycles. The Balaban J connectivity index is 1.95. The van der Waals surface area contributed by atoms with Gasteiger partial charge < -0.3 is 0 Å². The van der Waals surface area contributed by atoms with Crippen LogP contribution < -0.4 is 0 Å². The molecule has 7 heteroatoms. The van der Waals surface area contributed by atoms with Crippen LogP contribution in [0.5, 0.6) is 0 Å². The number of benzene rings is 1. The molecule has 0 unspecified atom stereocenters. The summed E-state index contributed by atoms with van der Waals surface area (Å²) in [6, 6.07) is 7.75. The fourth-order valence-electron chi connectivity index (χ4n) is 2.02. The highest BCUT2D eigenvalue weighted by Gasteiger charge is 2.04. The van der Waals surface area contributed by atoms with Crippen molar-refractivity contribution in [3.05, 3.63) is 41.7 Å². The average Bonchev–Trinajstić information content (AvgIpc) is 2.93.